The molecule has 0 N–H and O–H groups in total. The quantitative estimate of drug-likeness (QED) is 0.286. The van der Waals surface area contributed by atoms with Gasteiger partial charge in [0.1, 0.15) is 10.8 Å². The van der Waals surface area contributed by atoms with E-state index < -0.39 is 0 Å². The van der Waals surface area contributed by atoms with E-state index in [0.717, 1.165) is 51.9 Å². The zero-order chi connectivity index (χ0) is 24.1. The molecule has 0 aliphatic carbocycles. The maximum absolute atomic E-state index is 13.3. The van der Waals surface area contributed by atoms with E-state index in [4.69, 9.17) is 9.72 Å². The van der Waals surface area contributed by atoms with Crippen molar-refractivity contribution in [3.63, 3.8) is 0 Å². The van der Waals surface area contributed by atoms with E-state index in [2.05, 4.69) is 34.2 Å². The highest BCUT2D eigenvalue weighted by molar-refractivity contribution is 7.13. The highest BCUT2D eigenvalue weighted by Gasteiger charge is 2.23. The molecular formula is C28H31N3O2S. The Morgan fingerprint density at radius 3 is 2.41 bits per heavy atom. The third-order valence-corrected chi connectivity index (χ3v) is 7.11. The molecule has 2 aromatic heterocycles. The largest absolute Gasteiger partial charge is 0.497 e. The van der Waals surface area contributed by atoms with E-state index in [1.54, 1.807) is 18.4 Å². The maximum Gasteiger partial charge on any atom is 0.255 e. The number of methoxy groups -OCH3 is 1. The van der Waals surface area contributed by atoms with Crippen LogP contribution in [0.15, 0.2) is 66.0 Å². The van der Waals surface area contributed by atoms with E-state index in [1.165, 1.54) is 5.56 Å². The first-order valence-corrected chi connectivity index (χ1v) is 12.6. The highest BCUT2D eigenvalue weighted by atomic mass is 32.1. The van der Waals surface area contributed by atoms with Crippen molar-refractivity contribution >= 4 is 17.2 Å². The van der Waals surface area contributed by atoms with Crippen molar-refractivity contribution < 1.29 is 9.53 Å². The molecule has 34 heavy (non-hydrogen) atoms. The first-order valence-electron chi connectivity index (χ1n) is 11.7. The van der Waals surface area contributed by atoms with Gasteiger partial charge in [0.25, 0.3) is 5.91 Å². The molecule has 1 amide bonds. The Morgan fingerprint density at radius 1 is 1.06 bits per heavy atom. The number of carbonyl (C=O) groups is 1. The molecule has 0 aliphatic rings. The van der Waals surface area contributed by atoms with E-state index >= 15 is 0 Å². The topological polar surface area (TPSA) is 47.4 Å². The maximum atomic E-state index is 13.3. The van der Waals surface area contributed by atoms with E-state index in [1.807, 2.05) is 62.1 Å². The van der Waals surface area contributed by atoms with Gasteiger partial charge in [-0.1, -0.05) is 42.5 Å². The number of ether oxygens (including phenoxy) is 1. The van der Waals surface area contributed by atoms with Crippen LogP contribution in [0, 0.1) is 6.92 Å². The molecule has 0 saturated carbocycles. The summed E-state index contributed by atoms with van der Waals surface area (Å²) in [5.74, 6) is 0.926. The van der Waals surface area contributed by atoms with Crippen LogP contribution in [0.3, 0.4) is 0 Å². The second kappa shape index (κ2) is 10.7. The number of nitrogens with zero attached hydrogens (tertiary/aromatic N) is 3. The molecule has 4 rings (SSSR count). The van der Waals surface area contributed by atoms with Crippen LogP contribution in [0.5, 0.6) is 5.75 Å². The Hall–Kier alpha value is -3.38. The zero-order valence-electron chi connectivity index (χ0n) is 20.2. The Labute approximate surface area is 205 Å². The van der Waals surface area contributed by atoms with Gasteiger partial charge in [-0.3, -0.25) is 4.79 Å². The number of carbonyl (C=O) groups excluding carboxylic acids is 1. The Kier molecular flexibility index (Phi) is 7.48. The molecule has 4 aromatic rings. The Morgan fingerprint density at radius 2 is 1.76 bits per heavy atom. The van der Waals surface area contributed by atoms with Crippen LogP contribution < -0.4 is 4.74 Å². The molecule has 0 bridgehead atoms. The molecule has 0 aliphatic heterocycles. The van der Waals surface area contributed by atoms with Gasteiger partial charge in [0, 0.05) is 36.3 Å². The molecule has 0 atom stereocenters. The predicted molar refractivity (Wildman–Crippen MR) is 140 cm³/mol. The first kappa shape index (κ1) is 23.8. The number of hydrogen-bond acceptors (Lipinski definition) is 4. The average molecular weight is 474 g/mol. The number of rotatable bonds is 9. The first-order chi connectivity index (χ1) is 16.5. The van der Waals surface area contributed by atoms with Gasteiger partial charge in [0.2, 0.25) is 0 Å². The van der Waals surface area contributed by atoms with Crippen molar-refractivity contribution in [2.24, 2.45) is 0 Å². The number of aromatic nitrogens is 2. The average Bonchev–Trinajstić information content (AvgIpc) is 3.49. The second-order valence-corrected chi connectivity index (χ2v) is 9.02. The van der Waals surface area contributed by atoms with Gasteiger partial charge in [0.05, 0.1) is 24.1 Å². The van der Waals surface area contributed by atoms with Crippen molar-refractivity contribution in [2.45, 2.75) is 33.7 Å². The minimum Gasteiger partial charge on any atom is -0.497 e. The molecule has 6 heteroatoms. The van der Waals surface area contributed by atoms with Gasteiger partial charge in [-0.15, -0.1) is 11.3 Å². The fourth-order valence-corrected chi connectivity index (χ4v) is 5.00. The second-order valence-electron chi connectivity index (χ2n) is 8.16. The van der Waals surface area contributed by atoms with Crippen LogP contribution in [0.1, 0.15) is 35.5 Å². The van der Waals surface area contributed by atoms with Crippen LogP contribution in [0.4, 0.5) is 0 Å². The van der Waals surface area contributed by atoms with Gasteiger partial charge in [0.15, 0.2) is 0 Å². The summed E-state index contributed by atoms with van der Waals surface area (Å²) in [7, 11) is 1.68. The van der Waals surface area contributed by atoms with Gasteiger partial charge >= 0.3 is 0 Å². The standard InChI is InChI=1S/C28H31N3O2S/c1-5-30(6-2)28(32)24-18-26(25-19-34-27(29-25)22-10-8-7-9-11-22)31(20(24)3)17-16-21-12-14-23(33-4)15-13-21/h7-15,18-19H,5-6,16-17H2,1-4H3. The lowest BCUT2D eigenvalue weighted by atomic mass is 10.1. The summed E-state index contributed by atoms with van der Waals surface area (Å²) in [5, 5.41) is 3.07. The van der Waals surface area contributed by atoms with Crippen LogP contribution in [-0.2, 0) is 13.0 Å². The van der Waals surface area contributed by atoms with E-state index in [-0.39, 0.29) is 5.91 Å². The van der Waals surface area contributed by atoms with Gasteiger partial charge < -0.3 is 14.2 Å². The molecular weight excluding hydrogens is 442 g/mol. The molecule has 5 nitrogen and oxygen atoms in total. The number of benzene rings is 2. The van der Waals surface area contributed by atoms with Gasteiger partial charge in [-0.25, -0.2) is 4.98 Å². The van der Waals surface area contributed by atoms with Crippen LogP contribution >= 0.6 is 11.3 Å². The summed E-state index contributed by atoms with van der Waals surface area (Å²) in [6.07, 6.45) is 0.848. The number of thiazole rings is 1. The molecule has 0 saturated heterocycles. The lowest BCUT2D eigenvalue weighted by Gasteiger charge is -2.18. The minimum atomic E-state index is 0.0745. The van der Waals surface area contributed by atoms with Crippen molar-refractivity contribution in [1.29, 1.82) is 0 Å². The van der Waals surface area contributed by atoms with Crippen LogP contribution in [-0.4, -0.2) is 40.6 Å². The van der Waals surface area contributed by atoms with Crippen molar-refractivity contribution in [1.82, 2.24) is 14.5 Å². The van der Waals surface area contributed by atoms with Gasteiger partial charge in [-0.05, 0) is 51.0 Å². The number of hydrogen-bond donors (Lipinski definition) is 0. The smallest absolute Gasteiger partial charge is 0.255 e. The summed E-state index contributed by atoms with van der Waals surface area (Å²) in [6, 6.07) is 20.4. The Balaban J connectivity index is 1.70. The molecule has 2 aromatic carbocycles. The SMILES string of the molecule is CCN(CC)C(=O)c1cc(-c2csc(-c3ccccc3)n2)n(CCc2ccc(OC)cc2)c1C. The van der Waals surface area contributed by atoms with E-state index in [9.17, 15) is 4.79 Å². The zero-order valence-corrected chi connectivity index (χ0v) is 21.1. The molecule has 0 fully saturated rings. The minimum absolute atomic E-state index is 0.0745. The molecule has 0 radical (unpaired) electrons. The summed E-state index contributed by atoms with van der Waals surface area (Å²) >= 11 is 1.63. The lowest BCUT2D eigenvalue weighted by Crippen LogP contribution is -2.30. The van der Waals surface area contributed by atoms with Crippen LogP contribution in [0.25, 0.3) is 22.0 Å². The fourth-order valence-electron chi connectivity index (χ4n) is 4.18. The molecule has 0 unspecified atom stereocenters. The molecule has 0 spiro atoms. The summed E-state index contributed by atoms with van der Waals surface area (Å²) in [5.41, 5.74) is 5.95. The predicted octanol–water partition coefficient (Wildman–Crippen LogP) is 6.32. The summed E-state index contributed by atoms with van der Waals surface area (Å²) in [4.78, 5) is 20.1. The molecule has 2 heterocycles. The summed E-state index contributed by atoms with van der Waals surface area (Å²) < 4.78 is 7.53. The van der Waals surface area contributed by atoms with Gasteiger partial charge in [-0.2, -0.15) is 0 Å². The number of aryl methyl sites for hydroxylation is 1. The highest BCUT2D eigenvalue weighted by Crippen LogP contribution is 2.32. The molecule has 176 valence electrons. The van der Waals surface area contributed by atoms with Crippen molar-refractivity contribution in [3.8, 4) is 27.7 Å². The van der Waals surface area contributed by atoms with Crippen molar-refractivity contribution in [2.75, 3.05) is 20.2 Å². The normalized spacial score (nSPS) is 10.9. The lowest BCUT2D eigenvalue weighted by molar-refractivity contribution is 0.0772. The summed E-state index contributed by atoms with van der Waals surface area (Å²) in [6.45, 7) is 8.22. The van der Waals surface area contributed by atoms with E-state index in [0.29, 0.717) is 13.1 Å². The Bertz CT molecular complexity index is 1240. The third kappa shape index (κ3) is 4.92. The fraction of sp³-hybridized carbons (Fsp3) is 0.286. The third-order valence-electron chi connectivity index (χ3n) is 6.22. The van der Waals surface area contributed by atoms with Crippen molar-refractivity contribution in [3.05, 3.63) is 82.9 Å². The van der Waals surface area contributed by atoms with Crippen LogP contribution in [0.2, 0.25) is 0 Å². The number of amides is 1. The monoisotopic (exact) mass is 473 g/mol.